The molecular weight excluding hydrogens is 322 g/mol. The number of piperidine rings is 1. The van der Waals surface area contributed by atoms with E-state index in [-0.39, 0.29) is 5.91 Å². The minimum Gasteiger partial charge on any atom is -0.353 e. The van der Waals surface area contributed by atoms with E-state index in [1.807, 2.05) is 18.2 Å². The highest BCUT2D eigenvalue weighted by atomic mass is 16.1. The molecule has 2 aromatic rings. The average molecular weight is 349 g/mol. The van der Waals surface area contributed by atoms with Gasteiger partial charge in [-0.15, -0.1) is 0 Å². The molecule has 0 saturated carbocycles. The summed E-state index contributed by atoms with van der Waals surface area (Å²) in [5, 5.41) is 2.98. The third-order valence-corrected chi connectivity index (χ3v) is 4.90. The average Bonchev–Trinajstić information content (AvgIpc) is 2.69. The molecule has 136 valence electrons. The van der Waals surface area contributed by atoms with Gasteiger partial charge in [-0.05, 0) is 62.0 Å². The van der Waals surface area contributed by atoms with Gasteiger partial charge in [0.1, 0.15) is 0 Å². The van der Waals surface area contributed by atoms with Gasteiger partial charge in [-0.2, -0.15) is 0 Å². The molecular formula is C22H27N3O. The third kappa shape index (κ3) is 6.12. The number of amides is 1. The number of benzene rings is 1. The first-order valence-corrected chi connectivity index (χ1v) is 9.43. The number of carbonyl (C=O) groups is 1. The maximum absolute atomic E-state index is 11.9. The maximum atomic E-state index is 11.9. The van der Waals surface area contributed by atoms with Gasteiger partial charge < -0.3 is 5.32 Å². The molecule has 1 N–H and O–H groups in total. The van der Waals surface area contributed by atoms with Crippen LogP contribution in [0, 0.1) is 5.92 Å². The number of hydrogen-bond donors (Lipinski definition) is 1. The molecule has 1 amide bonds. The van der Waals surface area contributed by atoms with Crippen molar-refractivity contribution in [2.75, 3.05) is 19.6 Å². The lowest BCUT2D eigenvalue weighted by molar-refractivity contribution is -0.116. The molecule has 0 spiro atoms. The summed E-state index contributed by atoms with van der Waals surface area (Å²) >= 11 is 0. The van der Waals surface area contributed by atoms with E-state index in [4.69, 9.17) is 0 Å². The maximum Gasteiger partial charge on any atom is 0.244 e. The Morgan fingerprint density at radius 2 is 1.88 bits per heavy atom. The van der Waals surface area contributed by atoms with Crippen LogP contribution in [-0.4, -0.2) is 35.4 Å². The Bertz CT molecular complexity index is 692. The van der Waals surface area contributed by atoms with E-state index in [0.717, 1.165) is 38.3 Å². The number of rotatable bonds is 7. The van der Waals surface area contributed by atoms with E-state index in [9.17, 15) is 4.79 Å². The second kappa shape index (κ2) is 9.88. The van der Waals surface area contributed by atoms with Crippen LogP contribution in [0.4, 0.5) is 0 Å². The molecule has 0 unspecified atom stereocenters. The molecule has 4 nitrogen and oxygen atoms in total. The standard InChI is InChI=1S/C22H27N3O/c26-22(10-9-21-8-4-5-14-23-21)24-15-11-19-12-16-25(17-13-19)18-20-6-2-1-3-7-20/h1-10,14,19H,11-13,15-18H2,(H,24,26)/b10-9+. The minimum atomic E-state index is -0.0443. The normalized spacial score (nSPS) is 16.0. The second-order valence-electron chi connectivity index (χ2n) is 6.87. The highest BCUT2D eigenvalue weighted by molar-refractivity contribution is 5.91. The summed E-state index contributed by atoms with van der Waals surface area (Å²) < 4.78 is 0. The van der Waals surface area contributed by atoms with E-state index in [1.165, 1.54) is 18.4 Å². The highest BCUT2D eigenvalue weighted by Gasteiger charge is 2.18. The molecule has 2 heterocycles. The quantitative estimate of drug-likeness (QED) is 0.778. The molecule has 1 aromatic heterocycles. The number of carbonyl (C=O) groups excluding carboxylic acids is 1. The van der Waals surface area contributed by atoms with Gasteiger partial charge >= 0.3 is 0 Å². The molecule has 1 fully saturated rings. The van der Waals surface area contributed by atoms with Crippen molar-refractivity contribution < 1.29 is 4.79 Å². The van der Waals surface area contributed by atoms with E-state index >= 15 is 0 Å². The lowest BCUT2D eigenvalue weighted by Gasteiger charge is -2.32. The first kappa shape index (κ1) is 18.3. The van der Waals surface area contributed by atoms with Gasteiger partial charge in [-0.25, -0.2) is 0 Å². The Morgan fingerprint density at radius 1 is 1.12 bits per heavy atom. The lowest BCUT2D eigenvalue weighted by atomic mass is 9.93. The Morgan fingerprint density at radius 3 is 2.62 bits per heavy atom. The molecule has 26 heavy (non-hydrogen) atoms. The van der Waals surface area contributed by atoms with E-state index in [1.54, 1.807) is 18.3 Å². The molecule has 4 heteroatoms. The first-order chi connectivity index (χ1) is 12.8. The highest BCUT2D eigenvalue weighted by Crippen LogP contribution is 2.21. The van der Waals surface area contributed by atoms with Crippen molar-refractivity contribution >= 4 is 12.0 Å². The summed E-state index contributed by atoms with van der Waals surface area (Å²) in [6.45, 7) is 4.08. The van der Waals surface area contributed by atoms with Crippen molar-refractivity contribution in [3.8, 4) is 0 Å². The molecule has 1 aliphatic heterocycles. The largest absolute Gasteiger partial charge is 0.353 e. The fourth-order valence-corrected chi connectivity index (χ4v) is 3.37. The first-order valence-electron chi connectivity index (χ1n) is 9.43. The monoisotopic (exact) mass is 349 g/mol. The van der Waals surface area contributed by atoms with Crippen LogP contribution >= 0.6 is 0 Å². The smallest absolute Gasteiger partial charge is 0.244 e. The van der Waals surface area contributed by atoms with Crippen LogP contribution in [0.3, 0.4) is 0 Å². The summed E-state index contributed by atoms with van der Waals surface area (Å²) in [6, 6.07) is 16.3. The number of pyridine rings is 1. The van der Waals surface area contributed by atoms with Gasteiger partial charge in [0.25, 0.3) is 0 Å². The Labute approximate surface area is 155 Å². The van der Waals surface area contributed by atoms with Crippen molar-refractivity contribution in [1.82, 2.24) is 15.2 Å². The van der Waals surface area contributed by atoms with Crippen molar-refractivity contribution in [3.63, 3.8) is 0 Å². The van der Waals surface area contributed by atoms with Crippen molar-refractivity contribution in [2.24, 2.45) is 5.92 Å². The zero-order valence-corrected chi connectivity index (χ0v) is 15.2. The third-order valence-electron chi connectivity index (χ3n) is 4.90. The SMILES string of the molecule is O=C(/C=C/c1ccccn1)NCCC1CCN(Cc2ccccc2)CC1. The van der Waals surface area contributed by atoms with E-state index < -0.39 is 0 Å². The van der Waals surface area contributed by atoms with Gasteiger partial charge in [-0.3, -0.25) is 14.7 Å². The molecule has 0 bridgehead atoms. The molecule has 0 aliphatic carbocycles. The van der Waals surface area contributed by atoms with Crippen LogP contribution in [0.25, 0.3) is 6.08 Å². The Kier molecular flexibility index (Phi) is 6.96. The summed E-state index contributed by atoms with van der Waals surface area (Å²) in [4.78, 5) is 18.6. The molecule has 3 rings (SSSR count). The number of nitrogens with zero attached hydrogens (tertiary/aromatic N) is 2. The molecule has 1 saturated heterocycles. The Hall–Kier alpha value is -2.46. The summed E-state index contributed by atoms with van der Waals surface area (Å²) in [6.07, 6.45) is 8.52. The number of aromatic nitrogens is 1. The summed E-state index contributed by atoms with van der Waals surface area (Å²) in [5.41, 5.74) is 2.19. The van der Waals surface area contributed by atoms with Crippen LogP contribution < -0.4 is 5.32 Å². The van der Waals surface area contributed by atoms with E-state index in [2.05, 4.69) is 45.5 Å². The van der Waals surface area contributed by atoms with Crippen molar-refractivity contribution in [1.29, 1.82) is 0 Å². The van der Waals surface area contributed by atoms with Crippen LogP contribution in [0.15, 0.2) is 60.8 Å². The van der Waals surface area contributed by atoms with Crippen LogP contribution in [0.1, 0.15) is 30.5 Å². The van der Waals surface area contributed by atoms with Gasteiger partial charge in [0.15, 0.2) is 0 Å². The Balaban J connectivity index is 1.31. The number of hydrogen-bond acceptors (Lipinski definition) is 3. The van der Waals surface area contributed by atoms with Crippen molar-refractivity contribution in [2.45, 2.75) is 25.8 Å². The van der Waals surface area contributed by atoms with Gasteiger partial charge in [0.2, 0.25) is 5.91 Å². The summed E-state index contributed by atoms with van der Waals surface area (Å²) in [5.74, 6) is 0.666. The molecule has 0 radical (unpaired) electrons. The van der Waals surface area contributed by atoms with E-state index in [0.29, 0.717) is 5.92 Å². The fraction of sp³-hybridized carbons (Fsp3) is 0.364. The second-order valence-corrected chi connectivity index (χ2v) is 6.87. The predicted octanol–water partition coefficient (Wildman–Crippen LogP) is 3.51. The number of likely N-dealkylation sites (tertiary alicyclic amines) is 1. The zero-order valence-electron chi connectivity index (χ0n) is 15.2. The fourth-order valence-electron chi connectivity index (χ4n) is 3.37. The van der Waals surface area contributed by atoms with Gasteiger partial charge in [0, 0.05) is 25.4 Å². The van der Waals surface area contributed by atoms with Gasteiger partial charge in [-0.1, -0.05) is 36.4 Å². The predicted molar refractivity (Wildman–Crippen MR) is 105 cm³/mol. The van der Waals surface area contributed by atoms with Crippen LogP contribution in [0.2, 0.25) is 0 Å². The van der Waals surface area contributed by atoms with Crippen molar-refractivity contribution in [3.05, 3.63) is 72.1 Å². The molecule has 0 atom stereocenters. The van der Waals surface area contributed by atoms with Crippen LogP contribution in [-0.2, 0) is 11.3 Å². The minimum absolute atomic E-state index is 0.0443. The van der Waals surface area contributed by atoms with Crippen LogP contribution in [0.5, 0.6) is 0 Å². The summed E-state index contributed by atoms with van der Waals surface area (Å²) in [7, 11) is 0. The molecule has 1 aliphatic rings. The van der Waals surface area contributed by atoms with Gasteiger partial charge in [0.05, 0.1) is 5.69 Å². The topological polar surface area (TPSA) is 45.2 Å². The number of nitrogens with one attached hydrogen (secondary N) is 1. The molecule has 1 aromatic carbocycles. The lowest BCUT2D eigenvalue weighted by Crippen LogP contribution is -2.34. The zero-order chi connectivity index (χ0) is 18.0.